The first-order valence-corrected chi connectivity index (χ1v) is 5.94. The minimum atomic E-state index is -0.872. The monoisotopic (exact) mass is 255 g/mol. The summed E-state index contributed by atoms with van der Waals surface area (Å²) in [4.78, 5) is 37.7. The summed E-state index contributed by atoms with van der Waals surface area (Å²) < 4.78 is 9.36. The molecule has 0 aromatic rings. The predicted molar refractivity (Wildman–Crippen MR) is 60.6 cm³/mol. The zero-order chi connectivity index (χ0) is 13.4. The first kappa shape index (κ1) is 13.0. The van der Waals surface area contributed by atoms with E-state index in [9.17, 15) is 14.4 Å². The number of Topliss-reactive ketones (excluding diaryl/α,β-unsaturated/α-hetero) is 1. The fourth-order valence-corrected chi connectivity index (χ4v) is 3.17. The molecule has 0 saturated carbocycles. The van der Waals surface area contributed by atoms with Gasteiger partial charge in [-0.25, -0.2) is 0 Å². The molecule has 0 aromatic carbocycles. The minimum Gasteiger partial charge on any atom is -0.468 e. The molecule has 0 aliphatic carbocycles. The van der Waals surface area contributed by atoms with E-state index in [2.05, 4.69) is 9.47 Å². The van der Waals surface area contributed by atoms with Crippen molar-refractivity contribution in [3.8, 4) is 0 Å². The lowest BCUT2D eigenvalue weighted by Gasteiger charge is -2.38. The summed E-state index contributed by atoms with van der Waals surface area (Å²) in [7, 11) is 4.34. The van der Waals surface area contributed by atoms with Crippen LogP contribution in [0.25, 0.3) is 0 Å². The smallest absolute Gasteiger partial charge is 0.317 e. The van der Waals surface area contributed by atoms with Crippen LogP contribution in [-0.4, -0.2) is 56.0 Å². The molecule has 6 heteroatoms. The number of carbonyl (C=O) groups excluding carboxylic acids is 3. The third-order valence-electron chi connectivity index (χ3n) is 4.10. The SMILES string of the molecule is COC(=O)[C@H]1C(=O)[C@@H](C(=O)OC)[C@@H]2CC[C@H]1N2C. The minimum absolute atomic E-state index is 0.157. The van der Waals surface area contributed by atoms with Crippen molar-refractivity contribution in [2.45, 2.75) is 24.9 Å². The Morgan fingerprint density at radius 3 is 1.78 bits per heavy atom. The van der Waals surface area contributed by atoms with Crippen molar-refractivity contribution in [1.29, 1.82) is 0 Å². The highest BCUT2D eigenvalue weighted by Crippen LogP contribution is 2.40. The Morgan fingerprint density at radius 1 is 1.06 bits per heavy atom. The number of carbonyl (C=O) groups is 3. The summed E-state index contributed by atoms with van der Waals surface area (Å²) in [5.41, 5.74) is 0. The van der Waals surface area contributed by atoms with Gasteiger partial charge in [-0.1, -0.05) is 0 Å². The molecule has 0 N–H and O–H groups in total. The molecule has 18 heavy (non-hydrogen) atoms. The van der Waals surface area contributed by atoms with E-state index in [-0.39, 0.29) is 17.9 Å². The lowest BCUT2D eigenvalue weighted by Crippen LogP contribution is -2.57. The highest BCUT2D eigenvalue weighted by Gasteiger charge is 2.56. The Bertz CT molecular complexity index is 360. The molecule has 2 heterocycles. The van der Waals surface area contributed by atoms with Gasteiger partial charge < -0.3 is 9.47 Å². The Balaban J connectivity index is 2.36. The molecule has 2 fully saturated rings. The van der Waals surface area contributed by atoms with Gasteiger partial charge in [0.05, 0.1) is 14.2 Å². The maximum absolute atomic E-state index is 12.3. The first-order chi connectivity index (χ1) is 8.52. The molecular weight excluding hydrogens is 238 g/mol. The molecule has 2 bridgehead atoms. The standard InChI is InChI=1S/C12H17NO5/c1-13-6-4-5-7(13)9(12(16)18-3)10(14)8(6)11(15)17-2/h6-9H,4-5H2,1-3H3/t6-,7+,8-,9+. The van der Waals surface area contributed by atoms with Crippen LogP contribution >= 0.6 is 0 Å². The van der Waals surface area contributed by atoms with Gasteiger partial charge in [0.1, 0.15) is 11.8 Å². The summed E-state index contributed by atoms with van der Waals surface area (Å²) in [5.74, 6) is -3.23. The van der Waals surface area contributed by atoms with E-state index in [1.807, 2.05) is 11.9 Å². The third-order valence-corrected chi connectivity index (χ3v) is 4.10. The van der Waals surface area contributed by atoms with Gasteiger partial charge in [-0.3, -0.25) is 19.3 Å². The molecule has 0 spiro atoms. The number of methoxy groups -OCH3 is 2. The van der Waals surface area contributed by atoms with Crippen molar-refractivity contribution in [1.82, 2.24) is 4.90 Å². The molecule has 6 nitrogen and oxygen atoms in total. The van der Waals surface area contributed by atoms with E-state index < -0.39 is 23.8 Å². The van der Waals surface area contributed by atoms with E-state index in [1.54, 1.807) is 0 Å². The van der Waals surface area contributed by atoms with Gasteiger partial charge >= 0.3 is 11.9 Å². The number of nitrogens with zero attached hydrogens (tertiary/aromatic N) is 1. The van der Waals surface area contributed by atoms with Crippen LogP contribution in [0.3, 0.4) is 0 Å². The summed E-state index contributed by atoms with van der Waals surface area (Å²) >= 11 is 0. The van der Waals surface area contributed by atoms with E-state index in [1.165, 1.54) is 14.2 Å². The van der Waals surface area contributed by atoms with Crippen molar-refractivity contribution < 1.29 is 23.9 Å². The van der Waals surface area contributed by atoms with Gasteiger partial charge in [0.15, 0.2) is 5.78 Å². The van der Waals surface area contributed by atoms with Crippen molar-refractivity contribution in [3.05, 3.63) is 0 Å². The molecule has 2 rings (SSSR count). The first-order valence-electron chi connectivity index (χ1n) is 5.94. The van der Waals surface area contributed by atoms with Crippen molar-refractivity contribution in [2.24, 2.45) is 11.8 Å². The highest BCUT2D eigenvalue weighted by molar-refractivity contribution is 6.10. The number of hydrogen-bond acceptors (Lipinski definition) is 6. The number of ketones is 1. The van der Waals surface area contributed by atoms with Crippen LogP contribution < -0.4 is 0 Å². The second-order valence-electron chi connectivity index (χ2n) is 4.78. The molecule has 0 unspecified atom stereocenters. The fourth-order valence-electron chi connectivity index (χ4n) is 3.17. The van der Waals surface area contributed by atoms with Crippen molar-refractivity contribution in [2.75, 3.05) is 21.3 Å². The van der Waals surface area contributed by atoms with Gasteiger partial charge in [0.2, 0.25) is 0 Å². The van der Waals surface area contributed by atoms with Gasteiger partial charge in [0, 0.05) is 12.1 Å². The second kappa shape index (κ2) is 4.68. The molecule has 0 amide bonds. The summed E-state index contributed by atoms with van der Waals surface area (Å²) in [6.07, 6.45) is 1.44. The van der Waals surface area contributed by atoms with E-state index in [4.69, 9.17) is 0 Å². The van der Waals surface area contributed by atoms with Crippen molar-refractivity contribution >= 4 is 17.7 Å². The van der Waals surface area contributed by atoms with Crippen LogP contribution in [0.1, 0.15) is 12.8 Å². The fraction of sp³-hybridized carbons (Fsp3) is 0.750. The summed E-state index contributed by atoms with van der Waals surface area (Å²) in [6, 6.07) is -0.313. The maximum atomic E-state index is 12.3. The van der Waals surface area contributed by atoms with Gasteiger partial charge in [-0.05, 0) is 19.9 Å². The average Bonchev–Trinajstić information content (AvgIpc) is 2.64. The number of ether oxygens (including phenoxy) is 2. The molecule has 0 aromatic heterocycles. The largest absolute Gasteiger partial charge is 0.468 e. The topological polar surface area (TPSA) is 72.9 Å². The quantitative estimate of drug-likeness (QED) is 0.494. The number of fused-ring (bicyclic) bond motifs is 2. The Hall–Kier alpha value is -1.43. The van der Waals surface area contributed by atoms with Crippen molar-refractivity contribution in [3.63, 3.8) is 0 Å². The van der Waals surface area contributed by atoms with E-state index in [0.717, 1.165) is 12.8 Å². The van der Waals surface area contributed by atoms with Gasteiger partial charge in [0.25, 0.3) is 0 Å². The lowest BCUT2D eigenvalue weighted by molar-refractivity contribution is -0.163. The second-order valence-corrected chi connectivity index (χ2v) is 4.78. The zero-order valence-electron chi connectivity index (χ0n) is 10.7. The highest BCUT2D eigenvalue weighted by atomic mass is 16.5. The number of esters is 2. The van der Waals surface area contributed by atoms with Gasteiger partial charge in [-0.15, -0.1) is 0 Å². The third kappa shape index (κ3) is 1.71. The van der Waals surface area contributed by atoms with E-state index >= 15 is 0 Å². The van der Waals surface area contributed by atoms with Crippen LogP contribution in [0.2, 0.25) is 0 Å². The maximum Gasteiger partial charge on any atom is 0.317 e. The zero-order valence-corrected chi connectivity index (χ0v) is 10.7. The number of hydrogen-bond donors (Lipinski definition) is 0. The van der Waals surface area contributed by atoms with E-state index in [0.29, 0.717) is 0 Å². The number of piperidine rings is 1. The van der Waals surface area contributed by atoms with Gasteiger partial charge in [-0.2, -0.15) is 0 Å². The average molecular weight is 255 g/mol. The molecule has 2 aliphatic rings. The normalized spacial score (nSPS) is 35.4. The Labute approximate surface area is 105 Å². The molecule has 2 saturated heterocycles. The Kier molecular flexibility index (Phi) is 3.38. The molecule has 100 valence electrons. The molecular formula is C12H17NO5. The molecule has 4 atom stereocenters. The van der Waals surface area contributed by atoms with Crippen LogP contribution in [0.4, 0.5) is 0 Å². The van der Waals surface area contributed by atoms with Crippen LogP contribution in [0, 0.1) is 11.8 Å². The molecule has 2 aliphatic heterocycles. The predicted octanol–water partition coefficient (Wildman–Crippen LogP) is -0.390. The van der Waals surface area contributed by atoms with Crippen LogP contribution in [0.5, 0.6) is 0 Å². The molecule has 0 radical (unpaired) electrons. The lowest BCUT2D eigenvalue weighted by atomic mass is 9.81. The number of rotatable bonds is 2. The van der Waals surface area contributed by atoms with Crippen LogP contribution in [-0.2, 0) is 23.9 Å². The summed E-state index contributed by atoms with van der Waals surface area (Å²) in [6.45, 7) is 0. The summed E-state index contributed by atoms with van der Waals surface area (Å²) in [5, 5.41) is 0. The van der Waals surface area contributed by atoms with Crippen LogP contribution in [0.15, 0.2) is 0 Å². The Morgan fingerprint density at radius 2 is 1.44 bits per heavy atom.